The van der Waals surface area contributed by atoms with Gasteiger partial charge in [0.05, 0.1) is 11.8 Å². The molecule has 2 aliphatic heterocycles. The molecule has 2 atom stereocenters. The average molecular weight is 463 g/mol. The van der Waals surface area contributed by atoms with E-state index < -0.39 is 0 Å². The van der Waals surface area contributed by atoms with Crippen molar-refractivity contribution in [1.82, 2.24) is 15.1 Å². The molecule has 1 aromatic rings. The highest BCUT2D eigenvalue weighted by Crippen LogP contribution is 2.24. The van der Waals surface area contributed by atoms with Crippen LogP contribution in [-0.2, 0) is 16.1 Å². The number of nitrogens with two attached hydrogens (primary N) is 1. The van der Waals surface area contributed by atoms with Crippen molar-refractivity contribution in [3.63, 3.8) is 0 Å². The van der Waals surface area contributed by atoms with E-state index in [0.29, 0.717) is 32.7 Å². The van der Waals surface area contributed by atoms with Crippen LogP contribution in [0, 0.1) is 17.7 Å². The van der Waals surface area contributed by atoms with E-state index in [1.54, 1.807) is 12.1 Å². The third-order valence-corrected chi connectivity index (χ3v) is 5.70. The van der Waals surface area contributed by atoms with Gasteiger partial charge in [0, 0.05) is 39.3 Å². The fraction of sp³-hybridized carbons (Fsp3) is 0.619. The predicted molar refractivity (Wildman–Crippen MR) is 120 cm³/mol. The number of benzene rings is 1. The molecular formula is C21H33Cl2FN4O2. The van der Waals surface area contributed by atoms with E-state index in [0.717, 1.165) is 44.3 Å². The van der Waals surface area contributed by atoms with Crippen LogP contribution in [0.1, 0.15) is 31.2 Å². The molecule has 3 rings (SSSR count). The van der Waals surface area contributed by atoms with Crippen molar-refractivity contribution < 1.29 is 14.0 Å². The van der Waals surface area contributed by atoms with Crippen molar-refractivity contribution >= 4 is 36.6 Å². The van der Waals surface area contributed by atoms with Crippen LogP contribution in [0.25, 0.3) is 0 Å². The Bertz CT molecular complexity index is 695. The molecule has 3 N–H and O–H groups in total. The number of halogens is 3. The standard InChI is InChI=1S/C21H31FN4O2.2ClH/c22-19-7-1-4-16(12-19)13-25-10-2-6-18(14-25)21(28)26-11-3-5-17(15-26)20(27)24-9-8-23;;/h1,4,7,12,17-18H,2-3,5-6,8-11,13-15,23H2,(H,24,27);2*1H. The molecule has 9 heteroatoms. The molecule has 2 saturated heterocycles. The molecule has 2 heterocycles. The van der Waals surface area contributed by atoms with Gasteiger partial charge in [-0.3, -0.25) is 14.5 Å². The summed E-state index contributed by atoms with van der Waals surface area (Å²) >= 11 is 0. The highest BCUT2D eigenvalue weighted by Gasteiger charge is 2.33. The molecule has 2 unspecified atom stereocenters. The summed E-state index contributed by atoms with van der Waals surface area (Å²) in [7, 11) is 0. The fourth-order valence-corrected chi connectivity index (χ4v) is 4.28. The quantitative estimate of drug-likeness (QED) is 0.678. The summed E-state index contributed by atoms with van der Waals surface area (Å²) in [5.74, 6) is -0.265. The van der Waals surface area contributed by atoms with E-state index in [1.165, 1.54) is 6.07 Å². The zero-order chi connectivity index (χ0) is 19.9. The van der Waals surface area contributed by atoms with Gasteiger partial charge < -0.3 is 16.0 Å². The van der Waals surface area contributed by atoms with Crippen LogP contribution >= 0.6 is 24.8 Å². The van der Waals surface area contributed by atoms with E-state index in [-0.39, 0.29) is 54.3 Å². The van der Waals surface area contributed by atoms with Gasteiger partial charge in [-0.1, -0.05) is 12.1 Å². The third kappa shape index (κ3) is 7.38. The maximum absolute atomic E-state index is 13.4. The lowest BCUT2D eigenvalue weighted by molar-refractivity contribution is -0.141. The Morgan fingerprint density at radius 2 is 1.83 bits per heavy atom. The SMILES string of the molecule is Cl.Cl.NCCNC(=O)C1CCCN(C(=O)C2CCCN(Cc3cccc(F)c3)C2)C1. The van der Waals surface area contributed by atoms with Crippen molar-refractivity contribution in [2.75, 3.05) is 39.3 Å². The van der Waals surface area contributed by atoms with Crippen LogP contribution < -0.4 is 11.1 Å². The van der Waals surface area contributed by atoms with Crippen molar-refractivity contribution in [3.8, 4) is 0 Å². The van der Waals surface area contributed by atoms with Gasteiger partial charge >= 0.3 is 0 Å². The summed E-state index contributed by atoms with van der Waals surface area (Å²) in [5.41, 5.74) is 6.38. The highest BCUT2D eigenvalue weighted by atomic mass is 35.5. The lowest BCUT2D eigenvalue weighted by Gasteiger charge is -2.38. The summed E-state index contributed by atoms with van der Waals surface area (Å²) in [4.78, 5) is 29.4. The van der Waals surface area contributed by atoms with E-state index in [1.807, 2.05) is 11.0 Å². The Morgan fingerprint density at radius 3 is 2.57 bits per heavy atom. The van der Waals surface area contributed by atoms with Gasteiger partial charge in [-0.2, -0.15) is 0 Å². The van der Waals surface area contributed by atoms with E-state index in [2.05, 4.69) is 10.2 Å². The van der Waals surface area contributed by atoms with Crippen LogP contribution in [0.2, 0.25) is 0 Å². The molecule has 0 bridgehead atoms. The molecule has 0 saturated carbocycles. The molecule has 0 aromatic heterocycles. The Kier molecular flexibility index (Phi) is 11.6. The number of rotatable bonds is 6. The van der Waals surface area contributed by atoms with Crippen LogP contribution in [0.4, 0.5) is 4.39 Å². The second-order valence-electron chi connectivity index (χ2n) is 7.91. The summed E-state index contributed by atoms with van der Waals surface area (Å²) in [6, 6.07) is 6.65. The average Bonchev–Trinajstić information content (AvgIpc) is 2.72. The first-order chi connectivity index (χ1) is 13.6. The molecular weight excluding hydrogens is 430 g/mol. The largest absolute Gasteiger partial charge is 0.355 e. The minimum Gasteiger partial charge on any atom is -0.355 e. The van der Waals surface area contributed by atoms with Crippen molar-refractivity contribution in [2.24, 2.45) is 17.6 Å². The molecule has 0 aliphatic carbocycles. The van der Waals surface area contributed by atoms with Crippen LogP contribution in [0.5, 0.6) is 0 Å². The Morgan fingerprint density at radius 1 is 1.10 bits per heavy atom. The maximum Gasteiger partial charge on any atom is 0.226 e. The molecule has 2 amide bonds. The van der Waals surface area contributed by atoms with Gasteiger partial charge in [0.1, 0.15) is 5.82 Å². The van der Waals surface area contributed by atoms with Gasteiger partial charge in [0.2, 0.25) is 11.8 Å². The molecule has 0 radical (unpaired) electrons. The second-order valence-corrected chi connectivity index (χ2v) is 7.91. The number of carbonyl (C=O) groups is 2. The van der Waals surface area contributed by atoms with Crippen molar-refractivity contribution in [3.05, 3.63) is 35.6 Å². The molecule has 2 aliphatic rings. The van der Waals surface area contributed by atoms with Gasteiger partial charge in [0.25, 0.3) is 0 Å². The summed E-state index contributed by atoms with van der Waals surface area (Å²) in [5, 5.41) is 2.84. The number of nitrogens with one attached hydrogen (secondary N) is 1. The number of hydrogen-bond acceptors (Lipinski definition) is 4. The second kappa shape index (κ2) is 13.1. The van der Waals surface area contributed by atoms with E-state index >= 15 is 0 Å². The summed E-state index contributed by atoms with van der Waals surface area (Å²) < 4.78 is 13.4. The fourth-order valence-electron chi connectivity index (χ4n) is 4.28. The minimum absolute atomic E-state index is 0. The summed E-state index contributed by atoms with van der Waals surface area (Å²) in [6.45, 7) is 4.38. The predicted octanol–water partition coefficient (Wildman–Crippen LogP) is 2.19. The first-order valence-electron chi connectivity index (χ1n) is 10.3. The van der Waals surface area contributed by atoms with Gasteiger partial charge in [-0.05, 0) is 49.9 Å². The van der Waals surface area contributed by atoms with Crippen molar-refractivity contribution in [2.45, 2.75) is 32.2 Å². The highest BCUT2D eigenvalue weighted by molar-refractivity contribution is 5.85. The monoisotopic (exact) mass is 462 g/mol. The lowest BCUT2D eigenvalue weighted by atomic mass is 9.92. The Balaban J connectivity index is 0.00000225. The molecule has 6 nitrogen and oxygen atoms in total. The smallest absolute Gasteiger partial charge is 0.226 e. The number of hydrogen-bond donors (Lipinski definition) is 2. The minimum atomic E-state index is -0.227. The van der Waals surface area contributed by atoms with E-state index in [9.17, 15) is 14.0 Å². The normalized spacial score (nSPS) is 21.9. The van der Waals surface area contributed by atoms with Crippen molar-refractivity contribution in [1.29, 1.82) is 0 Å². The van der Waals surface area contributed by atoms with Gasteiger partial charge in [-0.15, -0.1) is 24.8 Å². The number of piperidine rings is 2. The Labute approximate surface area is 190 Å². The topological polar surface area (TPSA) is 78.7 Å². The Hall–Kier alpha value is -1.41. The van der Waals surface area contributed by atoms with E-state index in [4.69, 9.17) is 5.73 Å². The van der Waals surface area contributed by atoms with Gasteiger partial charge in [-0.25, -0.2) is 4.39 Å². The van der Waals surface area contributed by atoms with Crippen LogP contribution in [0.15, 0.2) is 24.3 Å². The van der Waals surface area contributed by atoms with Gasteiger partial charge in [0.15, 0.2) is 0 Å². The molecule has 1 aromatic carbocycles. The summed E-state index contributed by atoms with van der Waals surface area (Å²) in [6.07, 6.45) is 3.50. The number of nitrogens with zero attached hydrogens (tertiary/aromatic N) is 2. The molecule has 2 fully saturated rings. The zero-order valence-corrected chi connectivity index (χ0v) is 18.9. The number of likely N-dealkylation sites (tertiary alicyclic amines) is 2. The molecule has 0 spiro atoms. The number of carbonyl (C=O) groups excluding carboxylic acids is 2. The van der Waals surface area contributed by atoms with Crippen LogP contribution in [-0.4, -0.2) is 60.9 Å². The number of amides is 2. The molecule has 170 valence electrons. The first kappa shape index (κ1) is 26.6. The van der Waals surface area contributed by atoms with Crippen LogP contribution in [0.3, 0.4) is 0 Å². The third-order valence-electron chi connectivity index (χ3n) is 5.70. The first-order valence-corrected chi connectivity index (χ1v) is 10.3. The zero-order valence-electron chi connectivity index (χ0n) is 17.2. The lowest BCUT2D eigenvalue weighted by Crippen LogP contribution is -2.50. The molecule has 30 heavy (non-hydrogen) atoms. The maximum atomic E-state index is 13.4.